The van der Waals surface area contributed by atoms with Crippen LogP contribution in [0.1, 0.15) is 63.8 Å². The van der Waals surface area contributed by atoms with Crippen molar-refractivity contribution in [2.75, 3.05) is 20.1 Å². The van der Waals surface area contributed by atoms with Crippen molar-refractivity contribution in [3.05, 3.63) is 66.6 Å². The number of hydrogen-bond donors (Lipinski definition) is 2. The molecule has 2 aromatic carbocycles. The van der Waals surface area contributed by atoms with Gasteiger partial charge in [-0.05, 0) is 52.7 Å². The average Bonchev–Trinajstić information content (AvgIpc) is 3.43. The van der Waals surface area contributed by atoms with Gasteiger partial charge >= 0.3 is 12.1 Å². The van der Waals surface area contributed by atoms with Crippen LogP contribution in [0.15, 0.2) is 65.1 Å². The fourth-order valence-corrected chi connectivity index (χ4v) is 4.78. The Kier molecular flexibility index (Phi) is 12.5. The number of hydrogen-bond acceptors (Lipinski definition) is 6. The van der Waals surface area contributed by atoms with Gasteiger partial charge in [0.15, 0.2) is 5.76 Å². The lowest BCUT2D eigenvalue weighted by Crippen LogP contribution is -2.40. The molecular formula is C32H38F3N3O5. The van der Waals surface area contributed by atoms with Crippen molar-refractivity contribution in [2.45, 2.75) is 64.1 Å². The van der Waals surface area contributed by atoms with Gasteiger partial charge in [-0.3, -0.25) is 4.79 Å². The van der Waals surface area contributed by atoms with Crippen LogP contribution in [0.25, 0.3) is 22.6 Å². The number of amides is 1. The van der Waals surface area contributed by atoms with Crippen molar-refractivity contribution in [1.29, 1.82) is 0 Å². The third kappa shape index (κ3) is 10.7. The number of halogens is 3. The monoisotopic (exact) mass is 601 g/mol. The van der Waals surface area contributed by atoms with E-state index in [1.165, 1.54) is 0 Å². The van der Waals surface area contributed by atoms with E-state index < -0.39 is 12.1 Å². The van der Waals surface area contributed by atoms with Gasteiger partial charge in [0.1, 0.15) is 17.5 Å². The quantitative estimate of drug-likeness (QED) is 0.236. The molecule has 2 heterocycles. The third-order valence-electron chi connectivity index (χ3n) is 7.19. The number of Topliss-reactive ketones (excluding diaryl/α,β-unsaturated/α-hetero) is 1. The summed E-state index contributed by atoms with van der Waals surface area (Å²) >= 11 is 0. The molecule has 0 aliphatic carbocycles. The number of carbonyl (C=O) groups is 3. The van der Waals surface area contributed by atoms with Crippen LogP contribution < -0.4 is 5.32 Å². The summed E-state index contributed by atoms with van der Waals surface area (Å²) in [6, 6.07) is 19.7. The zero-order valence-electron chi connectivity index (χ0n) is 24.4. The zero-order valence-corrected chi connectivity index (χ0v) is 24.4. The number of rotatable bonds is 11. The summed E-state index contributed by atoms with van der Waals surface area (Å²) in [7, 11) is 2.10. The summed E-state index contributed by atoms with van der Waals surface area (Å²) < 4.78 is 38.2. The van der Waals surface area contributed by atoms with Crippen LogP contribution in [0.2, 0.25) is 0 Å². The van der Waals surface area contributed by atoms with E-state index in [0.29, 0.717) is 18.1 Å². The lowest BCUT2D eigenvalue weighted by atomic mass is 9.95. The van der Waals surface area contributed by atoms with Crippen LogP contribution in [0.4, 0.5) is 13.2 Å². The van der Waals surface area contributed by atoms with Gasteiger partial charge in [-0.25, -0.2) is 9.78 Å². The standard InChI is InChI=1S/C30H37N3O3.C2HF3O2/c1-22(34)12-6-3-11-17-26(31-29(35)25-18-20-33(2)21-19-25)30-32-27(23-13-7-4-8-14-23)28(36-30)24-15-9-5-10-16-24;3-2(4,5)1(6)7/h4-5,7-10,13-16,25-26H,3,6,11-12,17-21H2,1-2H3,(H,31,35);(H,6,7). The predicted molar refractivity (Wildman–Crippen MR) is 156 cm³/mol. The number of carboxylic acid groups (broad SMARTS) is 1. The van der Waals surface area contributed by atoms with Crippen molar-refractivity contribution in [2.24, 2.45) is 5.92 Å². The Morgan fingerprint density at radius 2 is 1.53 bits per heavy atom. The number of unbranched alkanes of at least 4 members (excludes halogenated alkanes) is 2. The normalized spacial score (nSPS) is 14.8. The number of carboxylic acids is 1. The fourth-order valence-electron chi connectivity index (χ4n) is 4.78. The van der Waals surface area contributed by atoms with Crippen LogP contribution in [0.3, 0.4) is 0 Å². The smallest absolute Gasteiger partial charge is 0.475 e. The van der Waals surface area contributed by atoms with E-state index in [9.17, 15) is 22.8 Å². The number of oxazole rings is 1. The van der Waals surface area contributed by atoms with Crippen LogP contribution in [0.5, 0.6) is 0 Å². The highest BCUT2D eigenvalue weighted by Crippen LogP contribution is 2.35. The van der Waals surface area contributed by atoms with Gasteiger partial charge in [0.05, 0.1) is 0 Å². The Morgan fingerprint density at radius 3 is 2.07 bits per heavy atom. The van der Waals surface area contributed by atoms with Crippen LogP contribution >= 0.6 is 0 Å². The molecule has 1 atom stereocenters. The molecule has 0 spiro atoms. The molecule has 232 valence electrons. The lowest BCUT2D eigenvalue weighted by Gasteiger charge is -2.29. The Hall–Kier alpha value is -3.99. The number of nitrogens with zero attached hydrogens (tertiary/aromatic N) is 2. The number of aromatic nitrogens is 1. The number of nitrogens with one attached hydrogen (secondary N) is 1. The van der Waals surface area contributed by atoms with E-state index >= 15 is 0 Å². The minimum Gasteiger partial charge on any atom is -0.475 e. The molecule has 1 aliphatic rings. The molecular weight excluding hydrogens is 563 g/mol. The van der Waals surface area contributed by atoms with Gasteiger partial charge in [0, 0.05) is 23.5 Å². The van der Waals surface area contributed by atoms with Gasteiger partial charge in [-0.2, -0.15) is 13.2 Å². The number of benzene rings is 2. The first-order valence-electron chi connectivity index (χ1n) is 14.4. The van der Waals surface area contributed by atoms with E-state index in [1.807, 2.05) is 60.7 Å². The molecule has 2 N–H and O–H groups in total. The van der Waals surface area contributed by atoms with Crippen LogP contribution in [0, 0.1) is 5.92 Å². The van der Waals surface area contributed by atoms with Gasteiger partial charge in [-0.1, -0.05) is 73.5 Å². The number of piperidine rings is 1. The minimum atomic E-state index is -5.08. The highest BCUT2D eigenvalue weighted by Gasteiger charge is 2.38. The second-order valence-electron chi connectivity index (χ2n) is 10.7. The Morgan fingerprint density at radius 1 is 0.977 bits per heavy atom. The second kappa shape index (κ2) is 16.0. The molecule has 4 rings (SSSR count). The summed E-state index contributed by atoms with van der Waals surface area (Å²) in [5.41, 5.74) is 2.72. The molecule has 11 heteroatoms. The molecule has 8 nitrogen and oxygen atoms in total. The third-order valence-corrected chi connectivity index (χ3v) is 7.19. The first-order chi connectivity index (χ1) is 20.5. The summed E-state index contributed by atoms with van der Waals surface area (Å²) in [4.78, 5) is 40.7. The van der Waals surface area contributed by atoms with Gasteiger partial charge < -0.3 is 24.5 Å². The SMILES string of the molecule is CC(=O)CCCCCC(NC(=O)C1CCN(C)CC1)c1nc(-c2ccccc2)c(-c2ccccc2)o1.O=C(O)C(F)(F)F. The number of carbonyl (C=O) groups excluding carboxylic acids is 2. The molecule has 0 saturated carbocycles. The summed E-state index contributed by atoms with van der Waals surface area (Å²) in [5.74, 6) is -1.19. The molecule has 1 aromatic heterocycles. The topological polar surface area (TPSA) is 113 Å². The summed E-state index contributed by atoms with van der Waals surface area (Å²) in [5, 5.41) is 10.4. The van der Waals surface area contributed by atoms with E-state index in [-0.39, 0.29) is 23.7 Å². The van der Waals surface area contributed by atoms with E-state index in [0.717, 1.165) is 68.4 Å². The summed E-state index contributed by atoms with van der Waals surface area (Å²) in [6.07, 6.45) is 0.642. The van der Waals surface area contributed by atoms with Crippen molar-refractivity contribution in [3.63, 3.8) is 0 Å². The zero-order chi connectivity index (χ0) is 31.4. The molecule has 43 heavy (non-hydrogen) atoms. The number of likely N-dealkylation sites (tertiary alicyclic amines) is 1. The molecule has 0 radical (unpaired) electrons. The van der Waals surface area contributed by atoms with Gasteiger partial charge in [-0.15, -0.1) is 0 Å². The van der Waals surface area contributed by atoms with Crippen molar-refractivity contribution in [1.82, 2.24) is 15.2 Å². The van der Waals surface area contributed by atoms with Gasteiger partial charge in [0.2, 0.25) is 11.8 Å². The summed E-state index contributed by atoms with van der Waals surface area (Å²) in [6.45, 7) is 3.50. The maximum Gasteiger partial charge on any atom is 0.490 e. The minimum absolute atomic E-state index is 0.0126. The number of alkyl halides is 3. The predicted octanol–water partition coefficient (Wildman–Crippen LogP) is 6.68. The van der Waals surface area contributed by atoms with Crippen LogP contribution in [-0.2, 0) is 14.4 Å². The van der Waals surface area contributed by atoms with E-state index in [2.05, 4.69) is 17.3 Å². The maximum absolute atomic E-state index is 13.3. The molecule has 0 bridgehead atoms. The molecule has 1 aliphatic heterocycles. The Labute approximate surface area is 249 Å². The molecule has 1 amide bonds. The molecule has 1 fully saturated rings. The average molecular weight is 602 g/mol. The fraction of sp³-hybridized carbons (Fsp3) is 0.438. The molecule has 1 saturated heterocycles. The van der Waals surface area contributed by atoms with Crippen LogP contribution in [-0.4, -0.2) is 59.0 Å². The van der Waals surface area contributed by atoms with Gasteiger partial charge in [0.25, 0.3) is 0 Å². The van der Waals surface area contributed by atoms with Crippen molar-refractivity contribution in [3.8, 4) is 22.6 Å². The number of aliphatic carboxylic acids is 1. The highest BCUT2D eigenvalue weighted by molar-refractivity contribution is 5.80. The van der Waals surface area contributed by atoms with Crippen molar-refractivity contribution >= 4 is 17.7 Å². The van der Waals surface area contributed by atoms with Crippen molar-refractivity contribution < 1.29 is 37.1 Å². The lowest BCUT2D eigenvalue weighted by molar-refractivity contribution is -0.192. The highest BCUT2D eigenvalue weighted by atomic mass is 19.4. The Balaban J connectivity index is 0.000000646. The second-order valence-corrected chi connectivity index (χ2v) is 10.7. The maximum atomic E-state index is 13.3. The Bertz CT molecular complexity index is 1260. The molecule has 3 aromatic rings. The largest absolute Gasteiger partial charge is 0.490 e. The molecule has 1 unspecified atom stereocenters. The van der Waals surface area contributed by atoms with E-state index in [4.69, 9.17) is 19.3 Å². The first-order valence-corrected chi connectivity index (χ1v) is 14.4. The first kappa shape index (κ1) is 33.5. The number of ketones is 1. The van der Waals surface area contributed by atoms with E-state index in [1.54, 1.807) is 6.92 Å².